The number of aryl methyl sites for hydroxylation is 3. The molecule has 0 radical (unpaired) electrons. The summed E-state index contributed by atoms with van der Waals surface area (Å²) in [5.74, 6) is 0.259. The van der Waals surface area contributed by atoms with Gasteiger partial charge in [-0.1, -0.05) is 42.1 Å². The second-order valence-corrected chi connectivity index (χ2v) is 8.84. The number of nitrogens with one attached hydrogen (secondary N) is 1. The van der Waals surface area contributed by atoms with Crippen LogP contribution in [-0.2, 0) is 22.4 Å². The van der Waals surface area contributed by atoms with Crippen LogP contribution in [0.15, 0.2) is 35.5 Å². The molecule has 1 aliphatic rings. The molecule has 0 spiro atoms. The highest BCUT2D eigenvalue weighted by atomic mass is 32.2. The van der Waals surface area contributed by atoms with Crippen LogP contribution in [0.25, 0.3) is 0 Å². The molecule has 2 aromatic rings. The van der Waals surface area contributed by atoms with Crippen molar-refractivity contribution < 1.29 is 9.59 Å². The summed E-state index contributed by atoms with van der Waals surface area (Å²) in [4.78, 5) is 35.9. The Kier molecular flexibility index (Phi) is 8.46. The summed E-state index contributed by atoms with van der Waals surface area (Å²) in [6.07, 6.45) is 5.98. The fraction of sp³-hybridized carbons (Fsp3) is 0.500. The second kappa shape index (κ2) is 11.3. The van der Waals surface area contributed by atoms with Gasteiger partial charge in [0.05, 0.1) is 0 Å². The maximum absolute atomic E-state index is 12.7. The van der Waals surface area contributed by atoms with Crippen LogP contribution in [-0.4, -0.2) is 52.1 Å². The van der Waals surface area contributed by atoms with Crippen molar-refractivity contribution in [1.82, 2.24) is 20.2 Å². The topological polar surface area (TPSA) is 75.2 Å². The summed E-state index contributed by atoms with van der Waals surface area (Å²) >= 11 is 1.53. The van der Waals surface area contributed by atoms with Gasteiger partial charge in [0.2, 0.25) is 11.8 Å². The number of hydrogen-bond acceptors (Lipinski definition) is 5. The predicted molar refractivity (Wildman–Crippen MR) is 124 cm³/mol. The molecule has 166 valence electrons. The quantitative estimate of drug-likeness (QED) is 0.502. The first-order valence-electron chi connectivity index (χ1n) is 11.0. The third kappa shape index (κ3) is 6.79. The fourth-order valence-electron chi connectivity index (χ4n) is 4.03. The van der Waals surface area contributed by atoms with Crippen LogP contribution in [0.1, 0.15) is 48.2 Å². The molecule has 2 amide bonds. The number of carbonyl (C=O) groups excluding carboxylic acids is 2. The van der Waals surface area contributed by atoms with E-state index in [0.29, 0.717) is 32.4 Å². The molecule has 6 nitrogen and oxygen atoms in total. The smallest absolute Gasteiger partial charge is 0.222 e. The lowest BCUT2D eigenvalue weighted by Gasteiger charge is -2.32. The van der Waals surface area contributed by atoms with Gasteiger partial charge < -0.3 is 10.2 Å². The van der Waals surface area contributed by atoms with E-state index in [4.69, 9.17) is 0 Å². The second-order valence-electron chi connectivity index (χ2n) is 8.07. The number of nitrogens with zero attached hydrogens (tertiary/aromatic N) is 3. The third-order valence-corrected chi connectivity index (χ3v) is 6.42. The Morgan fingerprint density at radius 3 is 2.29 bits per heavy atom. The lowest BCUT2D eigenvalue weighted by atomic mass is 10.0. The van der Waals surface area contributed by atoms with Crippen molar-refractivity contribution in [2.24, 2.45) is 0 Å². The van der Waals surface area contributed by atoms with Gasteiger partial charge in [-0.05, 0) is 56.9 Å². The summed E-state index contributed by atoms with van der Waals surface area (Å²) in [7, 11) is 0. The predicted octanol–water partition coefficient (Wildman–Crippen LogP) is 3.49. The highest BCUT2D eigenvalue weighted by molar-refractivity contribution is 7.98. The van der Waals surface area contributed by atoms with E-state index >= 15 is 0 Å². The lowest BCUT2D eigenvalue weighted by Crippen LogP contribution is -2.46. The van der Waals surface area contributed by atoms with Crippen LogP contribution in [0.5, 0.6) is 0 Å². The van der Waals surface area contributed by atoms with E-state index in [9.17, 15) is 9.59 Å². The molecular weight excluding hydrogens is 408 g/mol. The van der Waals surface area contributed by atoms with E-state index in [1.165, 1.54) is 17.3 Å². The van der Waals surface area contributed by atoms with Gasteiger partial charge in [-0.2, -0.15) is 0 Å². The van der Waals surface area contributed by atoms with Gasteiger partial charge in [0, 0.05) is 43.4 Å². The molecule has 1 fully saturated rings. The first-order valence-corrected chi connectivity index (χ1v) is 12.2. The first-order chi connectivity index (χ1) is 15.0. The normalized spacial score (nSPS) is 14.5. The molecule has 1 aromatic carbocycles. The summed E-state index contributed by atoms with van der Waals surface area (Å²) in [6, 6.07) is 10.2. The minimum atomic E-state index is 0.0910. The molecule has 7 heteroatoms. The molecule has 2 heterocycles. The SMILES string of the molecule is CSc1nc(C)c(CCC(=O)N2CCC(NC(=O)CCc3ccccc3)CC2)c(C)n1. The Balaban J connectivity index is 1.40. The number of piperidine rings is 1. The minimum Gasteiger partial charge on any atom is -0.353 e. The number of likely N-dealkylation sites (tertiary alicyclic amines) is 1. The summed E-state index contributed by atoms with van der Waals surface area (Å²) in [5, 5.41) is 3.91. The number of hydrogen-bond donors (Lipinski definition) is 1. The molecule has 0 unspecified atom stereocenters. The molecular formula is C24H32N4O2S. The van der Waals surface area contributed by atoms with E-state index in [2.05, 4.69) is 15.3 Å². The zero-order valence-corrected chi connectivity index (χ0v) is 19.5. The molecule has 0 atom stereocenters. The standard InChI is InChI=1S/C24H32N4O2S/c1-17-21(18(2)26-24(25-17)31-3)10-12-23(30)28-15-13-20(14-16-28)27-22(29)11-9-19-7-5-4-6-8-19/h4-8,20H,9-16H2,1-3H3,(H,27,29). The zero-order chi connectivity index (χ0) is 22.2. The van der Waals surface area contributed by atoms with Crippen LogP contribution < -0.4 is 5.32 Å². The van der Waals surface area contributed by atoms with Crippen molar-refractivity contribution in [1.29, 1.82) is 0 Å². The number of amides is 2. The van der Waals surface area contributed by atoms with Crippen LogP contribution in [0.3, 0.4) is 0 Å². The molecule has 31 heavy (non-hydrogen) atoms. The number of rotatable bonds is 8. The molecule has 1 N–H and O–H groups in total. The highest BCUT2D eigenvalue weighted by Crippen LogP contribution is 2.18. The molecule has 1 saturated heterocycles. The average Bonchev–Trinajstić information content (AvgIpc) is 2.78. The van der Waals surface area contributed by atoms with Crippen molar-refractivity contribution in [3.8, 4) is 0 Å². The van der Waals surface area contributed by atoms with Gasteiger partial charge in [0.25, 0.3) is 0 Å². The monoisotopic (exact) mass is 440 g/mol. The van der Waals surface area contributed by atoms with E-state index in [1.807, 2.05) is 55.3 Å². The van der Waals surface area contributed by atoms with Crippen molar-refractivity contribution in [3.63, 3.8) is 0 Å². The first kappa shape index (κ1) is 23.3. The number of benzene rings is 1. The molecule has 3 rings (SSSR count). The van der Waals surface area contributed by atoms with Crippen molar-refractivity contribution >= 4 is 23.6 Å². The number of carbonyl (C=O) groups is 2. The Hall–Kier alpha value is -2.41. The average molecular weight is 441 g/mol. The summed E-state index contributed by atoms with van der Waals surface area (Å²) in [6.45, 7) is 5.37. The van der Waals surface area contributed by atoms with Gasteiger partial charge in [-0.15, -0.1) is 0 Å². The van der Waals surface area contributed by atoms with Gasteiger partial charge >= 0.3 is 0 Å². The maximum Gasteiger partial charge on any atom is 0.222 e. The molecule has 0 aliphatic carbocycles. The minimum absolute atomic E-state index is 0.0910. The lowest BCUT2D eigenvalue weighted by molar-refractivity contribution is -0.132. The van der Waals surface area contributed by atoms with Gasteiger partial charge in [-0.3, -0.25) is 9.59 Å². The number of thioether (sulfide) groups is 1. The maximum atomic E-state index is 12.7. The fourth-order valence-corrected chi connectivity index (χ4v) is 4.48. The van der Waals surface area contributed by atoms with E-state index in [1.54, 1.807) is 0 Å². The molecule has 0 saturated carbocycles. The van der Waals surface area contributed by atoms with Crippen LogP contribution in [0, 0.1) is 13.8 Å². The highest BCUT2D eigenvalue weighted by Gasteiger charge is 2.24. The van der Waals surface area contributed by atoms with Crippen molar-refractivity contribution in [2.75, 3.05) is 19.3 Å². The van der Waals surface area contributed by atoms with Crippen LogP contribution in [0.4, 0.5) is 0 Å². The third-order valence-electron chi connectivity index (χ3n) is 5.87. The zero-order valence-electron chi connectivity index (χ0n) is 18.7. The van der Waals surface area contributed by atoms with Crippen molar-refractivity contribution in [2.45, 2.75) is 63.6 Å². The Morgan fingerprint density at radius 1 is 1.03 bits per heavy atom. The van der Waals surface area contributed by atoms with Gasteiger partial charge in [0.1, 0.15) is 0 Å². The Labute approximate surface area is 189 Å². The van der Waals surface area contributed by atoms with Crippen LogP contribution in [0.2, 0.25) is 0 Å². The van der Waals surface area contributed by atoms with Crippen LogP contribution >= 0.6 is 11.8 Å². The Bertz CT molecular complexity index is 873. The summed E-state index contributed by atoms with van der Waals surface area (Å²) in [5.41, 5.74) is 4.17. The van der Waals surface area contributed by atoms with Gasteiger partial charge in [0.15, 0.2) is 5.16 Å². The molecule has 1 aromatic heterocycles. The van der Waals surface area contributed by atoms with Gasteiger partial charge in [-0.25, -0.2) is 9.97 Å². The van der Waals surface area contributed by atoms with E-state index in [-0.39, 0.29) is 17.9 Å². The largest absolute Gasteiger partial charge is 0.353 e. The summed E-state index contributed by atoms with van der Waals surface area (Å²) < 4.78 is 0. The van der Waals surface area contributed by atoms with E-state index in [0.717, 1.165) is 41.4 Å². The molecule has 1 aliphatic heterocycles. The molecule has 0 bridgehead atoms. The van der Waals surface area contributed by atoms with E-state index < -0.39 is 0 Å². The van der Waals surface area contributed by atoms with Crippen molar-refractivity contribution in [3.05, 3.63) is 52.8 Å². The Morgan fingerprint density at radius 2 is 1.68 bits per heavy atom. The number of aromatic nitrogens is 2.